The van der Waals surface area contributed by atoms with Crippen LogP contribution in [0, 0.1) is 17.0 Å². The highest BCUT2D eigenvalue weighted by Crippen LogP contribution is 2.24. The van der Waals surface area contributed by atoms with Crippen LogP contribution in [0.2, 0.25) is 0 Å². The zero-order chi connectivity index (χ0) is 24.8. The summed E-state index contributed by atoms with van der Waals surface area (Å²) in [6, 6.07) is 18.4. The van der Waals surface area contributed by atoms with Crippen LogP contribution in [0.15, 0.2) is 85.5 Å². The summed E-state index contributed by atoms with van der Waals surface area (Å²) in [5.41, 5.74) is 3.28. The zero-order valence-corrected chi connectivity index (χ0v) is 18.8. The van der Waals surface area contributed by atoms with Gasteiger partial charge in [0.1, 0.15) is 5.69 Å². The fourth-order valence-corrected chi connectivity index (χ4v) is 3.49. The quantitative estimate of drug-likeness (QED) is 0.267. The maximum Gasteiger partial charge on any atom is 0.323 e. The Morgan fingerprint density at radius 1 is 1.00 bits per heavy atom. The zero-order valence-electron chi connectivity index (χ0n) is 18.8. The minimum atomic E-state index is -0.539. The van der Waals surface area contributed by atoms with Crippen LogP contribution in [0.5, 0.6) is 0 Å². The van der Waals surface area contributed by atoms with Gasteiger partial charge in [-0.25, -0.2) is 9.78 Å². The van der Waals surface area contributed by atoms with E-state index in [9.17, 15) is 19.7 Å². The summed E-state index contributed by atoms with van der Waals surface area (Å²) < 4.78 is 1.51. The number of hydrogen-bond donors (Lipinski definition) is 3. The highest BCUT2D eigenvalue weighted by Gasteiger charge is 2.18. The largest absolute Gasteiger partial charge is 0.348 e. The van der Waals surface area contributed by atoms with Crippen molar-refractivity contribution in [3.63, 3.8) is 0 Å². The number of anilines is 2. The first-order valence-corrected chi connectivity index (χ1v) is 10.7. The Morgan fingerprint density at radius 2 is 1.74 bits per heavy atom. The third-order valence-electron chi connectivity index (χ3n) is 5.13. The van der Waals surface area contributed by atoms with E-state index in [2.05, 4.69) is 20.9 Å². The number of nitrogens with zero attached hydrogens (tertiary/aromatic N) is 3. The highest BCUT2D eigenvalue weighted by atomic mass is 16.6. The SMILES string of the molecule is Cc1cccc(NC(=O)Nc2cccc(CNC(=O)c3ccc(-n4ccnc4)c([N+](=O)[O-])c3)c2)c1. The molecule has 4 rings (SSSR count). The van der Waals surface area contributed by atoms with E-state index < -0.39 is 10.8 Å². The molecule has 0 spiro atoms. The monoisotopic (exact) mass is 470 g/mol. The van der Waals surface area contributed by atoms with E-state index in [4.69, 9.17) is 0 Å². The molecule has 0 unspecified atom stereocenters. The third kappa shape index (κ3) is 5.88. The number of imidazole rings is 1. The van der Waals surface area contributed by atoms with Crippen molar-refractivity contribution in [3.8, 4) is 5.69 Å². The number of nitrogens with one attached hydrogen (secondary N) is 3. The second-order valence-corrected chi connectivity index (χ2v) is 7.76. The Morgan fingerprint density at radius 3 is 2.43 bits per heavy atom. The van der Waals surface area contributed by atoms with Crippen LogP contribution >= 0.6 is 0 Å². The van der Waals surface area contributed by atoms with E-state index in [1.165, 1.54) is 35.3 Å². The maximum absolute atomic E-state index is 12.7. The summed E-state index contributed by atoms with van der Waals surface area (Å²) in [6.45, 7) is 2.11. The molecule has 0 aliphatic rings. The standard InChI is InChI=1S/C25H22N6O4/c1-17-4-2-6-20(12-17)28-25(33)29-21-7-3-5-18(13-21)15-27-24(32)19-8-9-22(23(14-19)31(34)35)30-11-10-26-16-30/h2-14,16H,15H2,1H3,(H,27,32)(H2,28,29,33). The molecule has 35 heavy (non-hydrogen) atoms. The minimum absolute atomic E-state index is 0.160. The van der Waals surface area contributed by atoms with Gasteiger partial charge in [0.2, 0.25) is 0 Å². The van der Waals surface area contributed by atoms with Crippen molar-refractivity contribution >= 4 is 29.0 Å². The number of nitro benzene ring substituents is 1. The van der Waals surface area contributed by atoms with Crippen LogP contribution in [0.4, 0.5) is 21.9 Å². The van der Waals surface area contributed by atoms with Gasteiger partial charge in [-0.05, 0) is 54.4 Å². The molecule has 0 saturated heterocycles. The molecule has 3 amide bonds. The number of aromatic nitrogens is 2. The molecule has 3 aromatic carbocycles. The minimum Gasteiger partial charge on any atom is -0.348 e. The van der Waals surface area contributed by atoms with Crippen molar-refractivity contribution in [2.45, 2.75) is 13.5 Å². The molecule has 0 atom stereocenters. The summed E-state index contributed by atoms with van der Waals surface area (Å²) >= 11 is 0. The Hall–Kier alpha value is -4.99. The van der Waals surface area contributed by atoms with Crippen molar-refractivity contribution in [2.75, 3.05) is 10.6 Å². The molecular formula is C25H22N6O4. The number of hydrogen-bond acceptors (Lipinski definition) is 5. The predicted molar refractivity (Wildman–Crippen MR) is 132 cm³/mol. The normalized spacial score (nSPS) is 10.4. The van der Waals surface area contributed by atoms with Crippen molar-refractivity contribution in [1.82, 2.24) is 14.9 Å². The average Bonchev–Trinajstić information content (AvgIpc) is 3.37. The van der Waals surface area contributed by atoms with Crippen LogP contribution in [0.1, 0.15) is 21.5 Å². The lowest BCUT2D eigenvalue weighted by atomic mass is 10.1. The number of urea groups is 1. The molecule has 176 valence electrons. The van der Waals surface area contributed by atoms with Crippen LogP contribution in [0.3, 0.4) is 0 Å². The average molecular weight is 470 g/mol. The van der Waals surface area contributed by atoms with Gasteiger partial charge in [-0.1, -0.05) is 24.3 Å². The number of benzene rings is 3. The van der Waals surface area contributed by atoms with Crippen molar-refractivity contribution < 1.29 is 14.5 Å². The fourth-order valence-electron chi connectivity index (χ4n) is 3.49. The van der Waals surface area contributed by atoms with Crippen molar-refractivity contribution in [1.29, 1.82) is 0 Å². The third-order valence-corrected chi connectivity index (χ3v) is 5.13. The number of amides is 3. The lowest BCUT2D eigenvalue weighted by Crippen LogP contribution is -2.23. The lowest BCUT2D eigenvalue weighted by Gasteiger charge is -2.11. The molecule has 0 aliphatic heterocycles. The topological polar surface area (TPSA) is 131 Å². The fraction of sp³-hybridized carbons (Fsp3) is 0.0800. The van der Waals surface area contributed by atoms with E-state index in [1.807, 2.05) is 25.1 Å². The van der Waals surface area contributed by atoms with Gasteiger partial charge in [-0.15, -0.1) is 0 Å². The highest BCUT2D eigenvalue weighted by molar-refractivity contribution is 6.00. The van der Waals surface area contributed by atoms with Gasteiger partial charge < -0.3 is 20.5 Å². The number of nitro groups is 1. The van der Waals surface area contributed by atoms with Crippen LogP contribution in [-0.2, 0) is 6.54 Å². The molecule has 0 aliphatic carbocycles. The molecule has 0 bridgehead atoms. The van der Waals surface area contributed by atoms with E-state index in [1.54, 1.807) is 36.5 Å². The van der Waals surface area contributed by atoms with Crippen molar-refractivity contribution in [2.24, 2.45) is 0 Å². The molecule has 0 saturated carbocycles. The van der Waals surface area contributed by atoms with Crippen LogP contribution in [0.25, 0.3) is 5.69 Å². The van der Waals surface area contributed by atoms with Crippen LogP contribution < -0.4 is 16.0 Å². The second kappa shape index (κ2) is 10.3. The van der Waals surface area contributed by atoms with E-state index >= 15 is 0 Å². The van der Waals surface area contributed by atoms with Gasteiger partial charge in [-0.3, -0.25) is 14.9 Å². The molecule has 10 nitrogen and oxygen atoms in total. The number of rotatable bonds is 7. The maximum atomic E-state index is 12.7. The summed E-state index contributed by atoms with van der Waals surface area (Å²) in [5.74, 6) is -0.458. The molecule has 3 N–H and O–H groups in total. The Labute approximate surface area is 200 Å². The lowest BCUT2D eigenvalue weighted by molar-refractivity contribution is -0.384. The smallest absolute Gasteiger partial charge is 0.323 e. The van der Waals surface area contributed by atoms with Crippen LogP contribution in [-0.4, -0.2) is 26.4 Å². The van der Waals surface area contributed by atoms with E-state index in [0.717, 1.165) is 11.1 Å². The summed E-state index contributed by atoms with van der Waals surface area (Å²) in [4.78, 5) is 39.8. The Bertz CT molecular complexity index is 1380. The van der Waals surface area contributed by atoms with Gasteiger partial charge in [0.15, 0.2) is 0 Å². The van der Waals surface area contributed by atoms with Gasteiger partial charge in [0.05, 0.1) is 11.3 Å². The number of aryl methyl sites for hydroxylation is 1. The molecular weight excluding hydrogens is 448 g/mol. The summed E-state index contributed by atoms with van der Waals surface area (Å²) in [6.07, 6.45) is 4.55. The second-order valence-electron chi connectivity index (χ2n) is 7.76. The van der Waals surface area contributed by atoms with Gasteiger partial charge in [0.25, 0.3) is 11.6 Å². The number of carbonyl (C=O) groups is 2. The van der Waals surface area contributed by atoms with E-state index in [0.29, 0.717) is 17.1 Å². The molecule has 0 radical (unpaired) electrons. The first-order valence-electron chi connectivity index (χ1n) is 10.7. The first kappa shape index (κ1) is 23.2. The molecule has 1 aromatic heterocycles. The summed E-state index contributed by atoms with van der Waals surface area (Å²) in [7, 11) is 0. The molecule has 1 heterocycles. The van der Waals surface area contributed by atoms with Gasteiger partial charge >= 0.3 is 6.03 Å². The Kier molecular flexibility index (Phi) is 6.82. The Balaban J connectivity index is 1.39. The van der Waals surface area contributed by atoms with Gasteiger partial charge in [-0.2, -0.15) is 0 Å². The summed E-state index contributed by atoms with van der Waals surface area (Å²) in [5, 5.41) is 19.8. The first-order chi connectivity index (χ1) is 16.9. The predicted octanol–water partition coefficient (Wildman–Crippen LogP) is 4.66. The van der Waals surface area contributed by atoms with E-state index in [-0.39, 0.29) is 23.8 Å². The number of carbonyl (C=O) groups excluding carboxylic acids is 2. The molecule has 10 heteroatoms. The molecule has 0 fully saturated rings. The van der Waals surface area contributed by atoms with Crippen molar-refractivity contribution in [3.05, 3.63) is 112 Å². The van der Waals surface area contributed by atoms with Gasteiger partial charge in [0, 0.05) is 41.9 Å². The molecule has 4 aromatic rings.